The molecule has 3 nitrogen and oxygen atoms in total. The molecule has 4 heteroatoms. The van der Waals surface area contributed by atoms with Gasteiger partial charge in [0.1, 0.15) is 0 Å². The fourth-order valence-corrected chi connectivity index (χ4v) is 4.19. The minimum atomic E-state index is -0.692. The smallest absolute Gasteiger partial charge is 0.0501 e. The standard InChI is InChI=1S/C12H25NO2S/c1-13-11-7-4-3-5-8-12(11)16(14)10-6-9-15-2/h11-13H,3-10H2,1-2H3. The van der Waals surface area contributed by atoms with Crippen molar-refractivity contribution in [3.63, 3.8) is 0 Å². The van der Waals surface area contributed by atoms with Crippen LogP contribution in [0.2, 0.25) is 0 Å². The van der Waals surface area contributed by atoms with Crippen molar-refractivity contribution in [1.29, 1.82) is 0 Å². The highest BCUT2D eigenvalue weighted by molar-refractivity contribution is 7.85. The normalized spacial score (nSPS) is 28.6. The zero-order valence-electron chi connectivity index (χ0n) is 10.5. The molecular formula is C12H25NO2S. The highest BCUT2D eigenvalue weighted by Gasteiger charge is 2.26. The van der Waals surface area contributed by atoms with Crippen molar-refractivity contribution in [2.45, 2.75) is 49.8 Å². The third kappa shape index (κ3) is 4.52. The van der Waals surface area contributed by atoms with Crippen molar-refractivity contribution in [1.82, 2.24) is 5.32 Å². The molecule has 0 radical (unpaired) electrons. The number of rotatable bonds is 6. The average Bonchev–Trinajstić information content (AvgIpc) is 2.54. The summed E-state index contributed by atoms with van der Waals surface area (Å²) in [5.41, 5.74) is 0. The summed E-state index contributed by atoms with van der Waals surface area (Å²) in [4.78, 5) is 0. The Bertz CT molecular complexity index is 211. The van der Waals surface area contributed by atoms with Crippen molar-refractivity contribution in [3.8, 4) is 0 Å². The van der Waals surface area contributed by atoms with Gasteiger partial charge in [0.15, 0.2) is 0 Å². The summed E-state index contributed by atoms with van der Waals surface area (Å²) < 4.78 is 17.2. The molecule has 0 aromatic carbocycles. The molecule has 1 aliphatic rings. The molecule has 0 aromatic rings. The van der Waals surface area contributed by atoms with Crippen molar-refractivity contribution in [2.75, 3.05) is 26.5 Å². The molecule has 0 spiro atoms. The van der Waals surface area contributed by atoms with Crippen LogP contribution in [0.3, 0.4) is 0 Å². The monoisotopic (exact) mass is 247 g/mol. The summed E-state index contributed by atoms with van der Waals surface area (Å²) in [7, 11) is 3.00. The Morgan fingerprint density at radius 2 is 2.06 bits per heavy atom. The molecule has 1 saturated carbocycles. The first-order valence-electron chi connectivity index (χ1n) is 6.33. The molecule has 96 valence electrons. The molecule has 0 heterocycles. The van der Waals surface area contributed by atoms with Gasteiger partial charge < -0.3 is 10.1 Å². The lowest BCUT2D eigenvalue weighted by Crippen LogP contribution is -2.40. The number of hydrogen-bond donors (Lipinski definition) is 1. The summed E-state index contributed by atoms with van der Waals surface area (Å²) in [6.45, 7) is 0.725. The van der Waals surface area contributed by atoms with E-state index >= 15 is 0 Å². The van der Waals surface area contributed by atoms with Gasteiger partial charge in [-0.15, -0.1) is 0 Å². The van der Waals surface area contributed by atoms with E-state index in [9.17, 15) is 4.21 Å². The third-order valence-electron chi connectivity index (χ3n) is 3.36. The van der Waals surface area contributed by atoms with E-state index in [1.165, 1.54) is 25.7 Å². The summed E-state index contributed by atoms with van der Waals surface area (Å²) in [6, 6.07) is 0.450. The van der Waals surface area contributed by atoms with Gasteiger partial charge in [-0.25, -0.2) is 0 Å². The second-order valence-corrected chi connectivity index (χ2v) is 6.28. The van der Waals surface area contributed by atoms with Gasteiger partial charge in [-0.3, -0.25) is 4.21 Å². The first-order valence-corrected chi connectivity index (χ1v) is 7.71. The summed E-state index contributed by atoms with van der Waals surface area (Å²) in [6.07, 6.45) is 7.01. The maximum atomic E-state index is 12.2. The van der Waals surface area contributed by atoms with E-state index in [2.05, 4.69) is 5.32 Å². The van der Waals surface area contributed by atoms with Crippen LogP contribution in [0.5, 0.6) is 0 Å². The Labute approximate surface area is 102 Å². The van der Waals surface area contributed by atoms with Crippen LogP contribution in [0.25, 0.3) is 0 Å². The van der Waals surface area contributed by atoms with Crippen LogP contribution in [0.1, 0.15) is 38.5 Å². The molecular weight excluding hydrogens is 222 g/mol. The first kappa shape index (κ1) is 14.1. The van der Waals surface area contributed by atoms with Gasteiger partial charge >= 0.3 is 0 Å². The van der Waals surface area contributed by atoms with E-state index in [0.29, 0.717) is 11.3 Å². The van der Waals surface area contributed by atoms with E-state index in [-0.39, 0.29) is 0 Å². The average molecular weight is 247 g/mol. The quantitative estimate of drug-likeness (QED) is 0.573. The van der Waals surface area contributed by atoms with Gasteiger partial charge in [0.05, 0.1) is 5.25 Å². The molecule has 3 atom stereocenters. The van der Waals surface area contributed by atoms with Gasteiger partial charge in [0, 0.05) is 36.3 Å². The molecule has 0 saturated heterocycles. The first-order chi connectivity index (χ1) is 7.79. The Morgan fingerprint density at radius 1 is 1.31 bits per heavy atom. The largest absolute Gasteiger partial charge is 0.385 e. The van der Waals surface area contributed by atoms with E-state index in [0.717, 1.165) is 25.2 Å². The zero-order valence-corrected chi connectivity index (χ0v) is 11.4. The zero-order chi connectivity index (χ0) is 11.8. The third-order valence-corrected chi connectivity index (χ3v) is 5.29. The SMILES string of the molecule is CNC1CCCCCC1S(=O)CCCOC. The van der Waals surface area contributed by atoms with Crippen molar-refractivity contribution < 1.29 is 8.95 Å². The maximum absolute atomic E-state index is 12.2. The molecule has 3 unspecified atom stereocenters. The number of methoxy groups -OCH3 is 1. The minimum Gasteiger partial charge on any atom is -0.385 e. The lowest BCUT2D eigenvalue weighted by atomic mass is 10.1. The van der Waals surface area contributed by atoms with Gasteiger partial charge in [-0.1, -0.05) is 19.3 Å². The lowest BCUT2D eigenvalue weighted by molar-refractivity contribution is 0.200. The van der Waals surface area contributed by atoms with Crippen molar-refractivity contribution in [2.24, 2.45) is 0 Å². The van der Waals surface area contributed by atoms with Crippen molar-refractivity contribution >= 4 is 10.8 Å². The van der Waals surface area contributed by atoms with E-state index in [1.807, 2.05) is 7.05 Å². The van der Waals surface area contributed by atoms with Crippen LogP contribution >= 0.6 is 0 Å². The van der Waals surface area contributed by atoms with Gasteiger partial charge in [0.2, 0.25) is 0 Å². The van der Waals surface area contributed by atoms with E-state index in [4.69, 9.17) is 4.74 Å². The van der Waals surface area contributed by atoms with Gasteiger partial charge in [0.25, 0.3) is 0 Å². The van der Waals surface area contributed by atoms with Crippen molar-refractivity contribution in [3.05, 3.63) is 0 Å². The van der Waals surface area contributed by atoms with Crippen LogP contribution in [-0.2, 0) is 15.5 Å². The molecule has 1 N–H and O–H groups in total. The topological polar surface area (TPSA) is 38.3 Å². The second-order valence-electron chi connectivity index (χ2n) is 4.50. The van der Waals surface area contributed by atoms with Gasteiger partial charge in [-0.05, 0) is 26.3 Å². The molecule has 0 amide bonds. The maximum Gasteiger partial charge on any atom is 0.0501 e. The minimum absolute atomic E-state index is 0.351. The number of ether oxygens (including phenoxy) is 1. The Balaban J connectivity index is 2.42. The van der Waals surface area contributed by atoms with Gasteiger partial charge in [-0.2, -0.15) is 0 Å². The fraction of sp³-hybridized carbons (Fsp3) is 1.00. The highest BCUT2D eigenvalue weighted by atomic mass is 32.2. The van der Waals surface area contributed by atoms with E-state index < -0.39 is 10.8 Å². The Hall–Kier alpha value is 0.0700. The molecule has 0 aromatic heterocycles. The van der Waals surface area contributed by atoms with E-state index in [1.54, 1.807) is 7.11 Å². The second kappa shape index (κ2) is 8.20. The fourth-order valence-electron chi connectivity index (χ4n) is 2.42. The molecule has 1 rings (SSSR count). The van der Waals surface area contributed by atoms with Crippen LogP contribution in [0, 0.1) is 0 Å². The Morgan fingerprint density at radius 3 is 2.75 bits per heavy atom. The van der Waals surface area contributed by atoms with Crippen LogP contribution in [0.15, 0.2) is 0 Å². The summed E-state index contributed by atoms with van der Waals surface area (Å²) in [5.74, 6) is 0.788. The van der Waals surface area contributed by atoms with Crippen LogP contribution in [0.4, 0.5) is 0 Å². The predicted octanol–water partition coefficient (Wildman–Crippen LogP) is 1.69. The molecule has 0 bridgehead atoms. The number of nitrogens with one attached hydrogen (secondary N) is 1. The molecule has 16 heavy (non-hydrogen) atoms. The molecule has 1 aliphatic carbocycles. The summed E-state index contributed by atoms with van der Waals surface area (Å²) >= 11 is 0. The predicted molar refractivity (Wildman–Crippen MR) is 69.2 cm³/mol. The lowest BCUT2D eigenvalue weighted by Gasteiger charge is -2.24. The highest BCUT2D eigenvalue weighted by Crippen LogP contribution is 2.22. The van der Waals surface area contributed by atoms with Crippen LogP contribution < -0.4 is 5.32 Å². The number of hydrogen-bond acceptors (Lipinski definition) is 3. The Kier molecular flexibility index (Phi) is 7.25. The summed E-state index contributed by atoms with van der Waals surface area (Å²) in [5, 5.41) is 3.69. The van der Waals surface area contributed by atoms with Crippen LogP contribution in [-0.4, -0.2) is 42.0 Å². The molecule has 1 fully saturated rings. The molecule has 0 aliphatic heterocycles.